The van der Waals surface area contributed by atoms with E-state index in [0.29, 0.717) is 29.1 Å². The fourth-order valence-electron chi connectivity index (χ4n) is 3.07. The average molecular weight is 339 g/mol. The number of carbonyl (C=O) groups is 1. The van der Waals surface area contributed by atoms with Gasteiger partial charge in [-0.3, -0.25) is 4.79 Å². The van der Waals surface area contributed by atoms with Crippen molar-refractivity contribution in [2.24, 2.45) is 11.8 Å². The first-order chi connectivity index (χ1) is 9.49. The molecule has 1 amide bonds. The number of hydrogen-bond acceptors (Lipinski definition) is 2. The Kier molecular flexibility index (Phi) is 5.08. The quantitative estimate of drug-likeness (QED) is 0.819. The molecule has 2 atom stereocenters. The molecule has 0 radical (unpaired) electrons. The topological polar surface area (TPSA) is 55.1 Å². The van der Waals surface area contributed by atoms with Gasteiger partial charge in [0.05, 0.1) is 0 Å². The molecular formula is C16H23BrN2O. The van der Waals surface area contributed by atoms with E-state index < -0.39 is 0 Å². The van der Waals surface area contributed by atoms with Crippen LogP contribution in [0.25, 0.3) is 0 Å². The van der Waals surface area contributed by atoms with Crippen molar-refractivity contribution in [2.75, 3.05) is 5.73 Å². The van der Waals surface area contributed by atoms with Crippen LogP contribution in [-0.2, 0) is 0 Å². The molecule has 1 aliphatic rings. The van der Waals surface area contributed by atoms with Crippen molar-refractivity contribution in [1.29, 1.82) is 0 Å². The number of benzene rings is 1. The van der Waals surface area contributed by atoms with Crippen LogP contribution in [0.15, 0.2) is 22.7 Å². The minimum atomic E-state index is -0.0123. The molecule has 3 nitrogen and oxygen atoms in total. The number of carbonyl (C=O) groups excluding carboxylic acids is 1. The Morgan fingerprint density at radius 2 is 2.05 bits per heavy atom. The number of nitrogens with one attached hydrogen (secondary N) is 1. The van der Waals surface area contributed by atoms with Crippen molar-refractivity contribution in [3.63, 3.8) is 0 Å². The largest absolute Gasteiger partial charge is 0.398 e. The van der Waals surface area contributed by atoms with Crippen molar-refractivity contribution >= 4 is 27.5 Å². The predicted octanol–water partition coefficient (Wildman–Crippen LogP) is 3.98. The molecule has 1 saturated carbocycles. The molecule has 20 heavy (non-hydrogen) atoms. The number of halogens is 1. The molecule has 0 saturated heterocycles. The molecule has 0 bridgehead atoms. The van der Waals surface area contributed by atoms with Gasteiger partial charge in [0.15, 0.2) is 0 Å². The maximum atomic E-state index is 12.4. The zero-order valence-corrected chi connectivity index (χ0v) is 13.7. The van der Waals surface area contributed by atoms with Crippen LogP contribution in [0.4, 0.5) is 5.69 Å². The van der Waals surface area contributed by atoms with Gasteiger partial charge in [0.25, 0.3) is 5.91 Å². The zero-order valence-electron chi connectivity index (χ0n) is 12.2. The summed E-state index contributed by atoms with van der Waals surface area (Å²) in [6.45, 7) is 4.49. The first kappa shape index (κ1) is 15.4. The number of amides is 1. The fourth-order valence-corrected chi connectivity index (χ4v) is 3.32. The molecule has 2 unspecified atom stereocenters. The highest BCUT2D eigenvalue weighted by Crippen LogP contribution is 2.30. The lowest BCUT2D eigenvalue weighted by Crippen LogP contribution is -2.43. The van der Waals surface area contributed by atoms with Crippen molar-refractivity contribution < 1.29 is 4.79 Å². The summed E-state index contributed by atoms with van der Waals surface area (Å²) >= 11 is 3.35. The molecule has 2 rings (SSSR count). The summed E-state index contributed by atoms with van der Waals surface area (Å²) in [5, 5.41) is 3.20. The van der Waals surface area contributed by atoms with Gasteiger partial charge in [-0.1, -0.05) is 26.7 Å². The lowest BCUT2D eigenvalue weighted by atomic mass is 9.78. The zero-order chi connectivity index (χ0) is 14.7. The van der Waals surface area contributed by atoms with E-state index >= 15 is 0 Å². The molecule has 0 aliphatic heterocycles. The van der Waals surface area contributed by atoms with Crippen LogP contribution in [-0.4, -0.2) is 11.9 Å². The monoisotopic (exact) mass is 338 g/mol. The van der Waals surface area contributed by atoms with Crippen LogP contribution in [0, 0.1) is 11.8 Å². The summed E-state index contributed by atoms with van der Waals surface area (Å²) in [5.41, 5.74) is 7.08. The maximum Gasteiger partial charge on any atom is 0.251 e. The Hall–Kier alpha value is -1.03. The highest BCUT2D eigenvalue weighted by Gasteiger charge is 2.28. The van der Waals surface area contributed by atoms with E-state index in [-0.39, 0.29) is 5.91 Å². The third kappa shape index (κ3) is 3.54. The minimum Gasteiger partial charge on any atom is -0.398 e. The van der Waals surface area contributed by atoms with Gasteiger partial charge in [-0.2, -0.15) is 0 Å². The summed E-state index contributed by atoms with van der Waals surface area (Å²) in [6.07, 6.45) is 4.78. The van der Waals surface area contributed by atoms with Crippen molar-refractivity contribution in [3.8, 4) is 0 Å². The summed E-state index contributed by atoms with van der Waals surface area (Å²) < 4.78 is 0.826. The smallest absolute Gasteiger partial charge is 0.251 e. The molecule has 0 spiro atoms. The number of hydrogen-bond donors (Lipinski definition) is 2. The van der Waals surface area contributed by atoms with Crippen LogP contribution in [0.1, 0.15) is 49.9 Å². The first-order valence-corrected chi connectivity index (χ1v) is 8.14. The predicted molar refractivity (Wildman–Crippen MR) is 86.6 cm³/mol. The van der Waals surface area contributed by atoms with Crippen LogP contribution in [0.2, 0.25) is 0 Å². The number of rotatable bonds is 3. The first-order valence-electron chi connectivity index (χ1n) is 7.35. The summed E-state index contributed by atoms with van der Waals surface area (Å²) in [4.78, 5) is 12.4. The lowest BCUT2D eigenvalue weighted by molar-refractivity contribution is 0.0889. The standard InChI is InChI=1S/C16H23BrN2O/c1-10(2)12-5-3-4-6-15(12)19-16(20)11-7-8-13(17)14(18)9-11/h7-10,12,15H,3-6,18H2,1-2H3,(H,19,20). The second-order valence-corrected chi connectivity index (χ2v) is 6.86. The molecule has 3 N–H and O–H groups in total. The van der Waals surface area contributed by atoms with Crippen LogP contribution < -0.4 is 11.1 Å². The van der Waals surface area contributed by atoms with Crippen LogP contribution >= 0.6 is 15.9 Å². The Morgan fingerprint density at radius 1 is 1.35 bits per heavy atom. The van der Waals surface area contributed by atoms with Gasteiger partial charge in [0, 0.05) is 21.8 Å². The van der Waals surface area contributed by atoms with Gasteiger partial charge >= 0.3 is 0 Å². The van der Waals surface area contributed by atoms with E-state index in [9.17, 15) is 4.79 Å². The summed E-state index contributed by atoms with van der Waals surface area (Å²) in [6, 6.07) is 5.65. The third-order valence-electron chi connectivity index (χ3n) is 4.25. The fraction of sp³-hybridized carbons (Fsp3) is 0.562. The van der Waals surface area contributed by atoms with Crippen molar-refractivity contribution in [1.82, 2.24) is 5.32 Å². The van der Waals surface area contributed by atoms with Gasteiger partial charge < -0.3 is 11.1 Å². The average Bonchev–Trinajstić information content (AvgIpc) is 2.42. The Morgan fingerprint density at radius 3 is 2.70 bits per heavy atom. The molecule has 0 heterocycles. The highest BCUT2D eigenvalue weighted by molar-refractivity contribution is 9.10. The van der Waals surface area contributed by atoms with Crippen molar-refractivity contribution in [2.45, 2.75) is 45.6 Å². The molecule has 4 heteroatoms. The van der Waals surface area contributed by atoms with Gasteiger partial charge in [-0.15, -0.1) is 0 Å². The van der Waals surface area contributed by atoms with Gasteiger partial charge in [-0.05, 0) is 58.8 Å². The van der Waals surface area contributed by atoms with Crippen LogP contribution in [0.3, 0.4) is 0 Å². The van der Waals surface area contributed by atoms with Gasteiger partial charge in [0.1, 0.15) is 0 Å². The van der Waals surface area contributed by atoms with E-state index in [1.54, 1.807) is 6.07 Å². The SMILES string of the molecule is CC(C)C1CCCCC1NC(=O)c1ccc(Br)c(N)c1. The molecule has 0 aromatic heterocycles. The van der Waals surface area contributed by atoms with E-state index in [1.165, 1.54) is 19.3 Å². The number of nitrogens with two attached hydrogens (primary N) is 1. The molecular weight excluding hydrogens is 316 g/mol. The lowest BCUT2D eigenvalue weighted by Gasteiger charge is -2.34. The maximum absolute atomic E-state index is 12.4. The molecule has 1 aromatic rings. The van der Waals surface area contributed by atoms with E-state index in [2.05, 4.69) is 35.1 Å². The molecule has 1 aromatic carbocycles. The minimum absolute atomic E-state index is 0.0123. The van der Waals surface area contributed by atoms with E-state index in [0.717, 1.165) is 10.9 Å². The van der Waals surface area contributed by atoms with Gasteiger partial charge in [0.2, 0.25) is 0 Å². The molecule has 1 fully saturated rings. The Bertz CT molecular complexity index is 487. The van der Waals surface area contributed by atoms with Crippen molar-refractivity contribution in [3.05, 3.63) is 28.2 Å². The van der Waals surface area contributed by atoms with E-state index in [4.69, 9.17) is 5.73 Å². The number of anilines is 1. The summed E-state index contributed by atoms with van der Waals surface area (Å²) in [5.74, 6) is 1.18. The summed E-state index contributed by atoms with van der Waals surface area (Å²) in [7, 11) is 0. The Balaban J connectivity index is 2.07. The Labute approximate surface area is 129 Å². The molecule has 110 valence electrons. The van der Waals surface area contributed by atoms with Crippen LogP contribution in [0.5, 0.6) is 0 Å². The number of nitrogen functional groups attached to an aromatic ring is 1. The highest BCUT2D eigenvalue weighted by atomic mass is 79.9. The normalized spacial score (nSPS) is 22.8. The second kappa shape index (κ2) is 6.61. The third-order valence-corrected chi connectivity index (χ3v) is 4.97. The van der Waals surface area contributed by atoms with E-state index in [1.807, 2.05) is 12.1 Å². The van der Waals surface area contributed by atoms with Gasteiger partial charge in [-0.25, -0.2) is 0 Å². The second-order valence-electron chi connectivity index (χ2n) is 6.01. The molecule has 1 aliphatic carbocycles.